The van der Waals surface area contributed by atoms with Crippen LogP contribution in [0.5, 0.6) is 0 Å². The molecule has 2 N–H and O–H groups in total. The van der Waals surface area contributed by atoms with Crippen molar-refractivity contribution in [3.8, 4) is 11.4 Å². The molecule has 0 bridgehead atoms. The minimum Gasteiger partial charge on any atom is -0.301 e. The average Bonchev–Trinajstić information content (AvgIpc) is 3.19. The fourth-order valence-electron chi connectivity index (χ4n) is 1.80. The van der Waals surface area contributed by atoms with E-state index in [0.717, 1.165) is 0 Å². The van der Waals surface area contributed by atoms with E-state index in [1.807, 2.05) is 0 Å². The van der Waals surface area contributed by atoms with Gasteiger partial charge in [0.05, 0.1) is 10.3 Å². The second-order valence-electron chi connectivity index (χ2n) is 4.68. The molecule has 0 fully saturated rings. The number of thiazole rings is 1. The number of carbonyl (C=O) groups is 1. The van der Waals surface area contributed by atoms with Crippen molar-refractivity contribution < 1.29 is 4.79 Å². The Morgan fingerprint density at radius 3 is 2.96 bits per heavy atom. The van der Waals surface area contributed by atoms with E-state index in [2.05, 4.69) is 25.5 Å². The maximum atomic E-state index is 12.1. The van der Waals surface area contributed by atoms with Gasteiger partial charge < -0.3 is 5.32 Å². The molecule has 0 spiro atoms. The molecule has 6 nitrogen and oxygen atoms in total. The summed E-state index contributed by atoms with van der Waals surface area (Å²) in [6, 6.07) is 5.12. The van der Waals surface area contributed by atoms with E-state index in [1.54, 1.807) is 36.7 Å². The van der Waals surface area contributed by atoms with Crippen molar-refractivity contribution in [1.29, 1.82) is 0 Å². The van der Waals surface area contributed by atoms with Crippen molar-refractivity contribution in [3.63, 3.8) is 0 Å². The Balaban J connectivity index is 1.68. The minimum absolute atomic E-state index is 0.161. The number of nitrogens with zero attached hydrogens (tertiary/aromatic N) is 3. The Bertz CT molecular complexity index is 853. The van der Waals surface area contributed by atoms with Gasteiger partial charge in [-0.3, -0.25) is 9.89 Å². The van der Waals surface area contributed by atoms with E-state index in [1.165, 1.54) is 23.1 Å². The highest BCUT2D eigenvalue weighted by molar-refractivity contribution is 8.00. The third-order valence-electron chi connectivity index (χ3n) is 2.97. The van der Waals surface area contributed by atoms with Crippen LogP contribution in [0.4, 0.5) is 5.13 Å². The van der Waals surface area contributed by atoms with Crippen molar-refractivity contribution >= 4 is 57.3 Å². The fourth-order valence-corrected chi connectivity index (χ4v) is 3.56. The summed E-state index contributed by atoms with van der Waals surface area (Å²) >= 11 is 14.7. The van der Waals surface area contributed by atoms with E-state index in [9.17, 15) is 4.79 Å². The lowest BCUT2D eigenvalue weighted by molar-refractivity contribution is -0.115. The average molecular weight is 400 g/mol. The Kier molecular flexibility index (Phi) is 5.40. The van der Waals surface area contributed by atoms with Gasteiger partial charge in [0, 0.05) is 22.2 Å². The number of rotatable bonds is 5. The van der Waals surface area contributed by atoms with Gasteiger partial charge in [0.2, 0.25) is 11.1 Å². The number of aromatic amines is 1. The summed E-state index contributed by atoms with van der Waals surface area (Å²) in [6.45, 7) is 1.78. The van der Waals surface area contributed by atoms with Gasteiger partial charge in [-0.25, -0.2) is 9.97 Å². The van der Waals surface area contributed by atoms with Crippen molar-refractivity contribution in [2.75, 3.05) is 5.32 Å². The molecule has 0 saturated carbocycles. The zero-order chi connectivity index (χ0) is 17.1. The van der Waals surface area contributed by atoms with Gasteiger partial charge in [-0.2, -0.15) is 0 Å². The Morgan fingerprint density at radius 2 is 2.25 bits per heavy atom. The minimum atomic E-state index is -0.377. The number of halogens is 2. The monoisotopic (exact) mass is 399 g/mol. The Morgan fingerprint density at radius 1 is 1.42 bits per heavy atom. The van der Waals surface area contributed by atoms with E-state index < -0.39 is 0 Å². The van der Waals surface area contributed by atoms with Gasteiger partial charge in [0.25, 0.3) is 0 Å². The lowest BCUT2D eigenvalue weighted by atomic mass is 10.2. The molecule has 1 atom stereocenters. The number of amides is 1. The molecule has 24 heavy (non-hydrogen) atoms. The summed E-state index contributed by atoms with van der Waals surface area (Å²) < 4.78 is 0. The summed E-state index contributed by atoms with van der Waals surface area (Å²) in [5.41, 5.74) is 0.695. The highest BCUT2D eigenvalue weighted by Gasteiger charge is 2.19. The highest BCUT2D eigenvalue weighted by atomic mass is 35.5. The van der Waals surface area contributed by atoms with Gasteiger partial charge in [-0.05, 0) is 25.1 Å². The normalized spacial score (nSPS) is 12.1. The lowest BCUT2D eigenvalue weighted by Crippen LogP contribution is -2.22. The summed E-state index contributed by atoms with van der Waals surface area (Å²) in [5.74, 6) is 0.359. The van der Waals surface area contributed by atoms with Gasteiger partial charge in [-0.1, -0.05) is 35.0 Å². The molecule has 1 aromatic carbocycles. The molecular weight excluding hydrogens is 389 g/mol. The Hall–Kier alpha value is -1.61. The van der Waals surface area contributed by atoms with Crippen LogP contribution in [0.15, 0.2) is 34.9 Å². The standard InChI is InChI=1S/C14H11Cl2N5OS2/c1-7(12(22)19-13-17-4-5-23-13)24-14-18-11(20-21-14)9-3-2-8(15)6-10(9)16/h2-7H,1H3,(H,17,19,22)(H,18,20,21)/t7-/m0/s1. The van der Waals surface area contributed by atoms with Crippen LogP contribution in [0.2, 0.25) is 10.0 Å². The van der Waals surface area contributed by atoms with Crippen LogP contribution >= 0.6 is 46.3 Å². The molecule has 0 radical (unpaired) electrons. The molecular formula is C14H11Cl2N5OS2. The molecule has 0 unspecified atom stereocenters. The second-order valence-corrected chi connectivity index (χ2v) is 7.72. The van der Waals surface area contributed by atoms with Crippen molar-refractivity contribution in [1.82, 2.24) is 20.2 Å². The van der Waals surface area contributed by atoms with Gasteiger partial charge in [0.1, 0.15) is 0 Å². The van der Waals surface area contributed by atoms with Crippen LogP contribution in [0, 0.1) is 0 Å². The van der Waals surface area contributed by atoms with Crippen LogP contribution in [0.25, 0.3) is 11.4 Å². The molecule has 1 amide bonds. The predicted octanol–water partition coefficient (Wildman–Crippen LogP) is 4.35. The van der Waals surface area contributed by atoms with E-state index in [-0.39, 0.29) is 11.2 Å². The largest absolute Gasteiger partial charge is 0.301 e. The highest BCUT2D eigenvalue weighted by Crippen LogP contribution is 2.30. The third kappa shape index (κ3) is 4.07. The summed E-state index contributed by atoms with van der Waals surface area (Å²) in [5, 5.41) is 13.1. The first-order valence-corrected chi connectivity index (χ1v) is 9.29. The molecule has 3 aromatic rings. The number of benzene rings is 1. The van der Waals surface area contributed by atoms with E-state index in [0.29, 0.717) is 31.7 Å². The molecule has 0 aliphatic heterocycles. The SMILES string of the molecule is C[C@H](Sc1n[nH]c(-c2ccc(Cl)cc2Cl)n1)C(=O)Nc1nccs1. The molecule has 2 aromatic heterocycles. The Labute approximate surface area is 156 Å². The molecule has 2 heterocycles. The number of nitrogens with one attached hydrogen (secondary N) is 2. The van der Waals surface area contributed by atoms with E-state index in [4.69, 9.17) is 23.2 Å². The summed E-state index contributed by atoms with van der Waals surface area (Å²) in [4.78, 5) is 20.5. The first-order valence-electron chi connectivity index (χ1n) is 6.78. The third-order valence-corrected chi connectivity index (χ3v) is 5.16. The van der Waals surface area contributed by atoms with Gasteiger partial charge >= 0.3 is 0 Å². The second kappa shape index (κ2) is 7.52. The molecule has 0 aliphatic rings. The maximum absolute atomic E-state index is 12.1. The maximum Gasteiger partial charge on any atom is 0.239 e. The number of carbonyl (C=O) groups excluding carboxylic acids is 1. The molecule has 3 rings (SSSR count). The zero-order valence-corrected chi connectivity index (χ0v) is 15.4. The number of hydrogen-bond donors (Lipinski definition) is 2. The number of anilines is 1. The van der Waals surface area contributed by atoms with Gasteiger partial charge in [-0.15, -0.1) is 16.4 Å². The summed E-state index contributed by atoms with van der Waals surface area (Å²) in [6.07, 6.45) is 1.63. The van der Waals surface area contributed by atoms with Crippen LogP contribution in [0.3, 0.4) is 0 Å². The first-order chi connectivity index (χ1) is 11.5. The van der Waals surface area contributed by atoms with Crippen LogP contribution < -0.4 is 5.32 Å². The number of thioether (sulfide) groups is 1. The van der Waals surface area contributed by atoms with Gasteiger partial charge in [0.15, 0.2) is 11.0 Å². The van der Waals surface area contributed by atoms with Crippen molar-refractivity contribution in [3.05, 3.63) is 39.8 Å². The zero-order valence-electron chi connectivity index (χ0n) is 12.3. The molecule has 10 heteroatoms. The van der Waals surface area contributed by atoms with Crippen LogP contribution in [0.1, 0.15) is 6.92 Å². The quantitative estimate of drug-likeness (QED) is 0.622. The predicted molar refractivity (Wildman–Crippen MR) is 97.9 cm³/mol. The van der Waals surface area contributed by atoms with Crippen molar-refractivity contribution in [2.45, 2.75) is 17.3 Å². The van der Waals surface area contributed by atoms with E-state index >= 15 is 0 Å². The van der Waals surface area contributed by atoms with Crippen molar-refractivity contribution in [2.24, 2.45) is 0 Å². The smallest absolute Gasteiger partial charge is 0.239 e. The molecule has 124 valence electrons. The lowest BCUT2D eigenvalue weighted by Gasteiger charge is -2.07. The topological polar surface area (TPSA) is 83.6 Å². The molecule has 0 aliphatic carbocycles. The molecule has 0 saturated heterocycles. The van der Waals surface area contributed by atoms with Crippen LogP contribution in [-0.4, -0.2) is 31.3 Å². The summed E-state index contributed by atoms with van der Waals surface area (Å²) in [7, 11) is 0. The fraction of sp³-hybridized carbons (Fsp3) is 0.143. The number of aromatic nitrogens is 4. The van der Waals surface area contributed by atoms with Crippen LogP contribution in [-0.2, 0) is 4.79 Å². The number of H-pyrrole nitrogens is 1. The number of hydrogen-bond acceptors (Lipinski definition) is 6. The first kappa shape index (κ1) is 17.2.